The number of halogens is 2. The summed E-state index contributed by atoms with van der Waals surface area (Å²) in [6.07, 6.45) is 3.98. The number of aromatic nitrogens is 1. The van der Waals surface area contributed by atoms with Crippen LogP contribution in [0.25, 0.3) is 17.0 Å². The maximum Gasteiger partial charge on any atom is 0.260 e. The summed E-state index contributed by atoms with van der Waals surface area (Å²) in [6, 6.07) is 22.8. The Morgan fingerprint density at radius 2 is 1.81 bits per heavy atom. The number of carbonyl (C=O) groups excluding carboxylic acids is 1. The molecule has 1 fully saturated rings. The summed E-state index contributed by atoms with van der Waals surface area (Å²) in [7, 11) is 0. The molecule has 160 valence electrons. The lowest BCUT2D eigenvalue weighted by Crippen LogP contribution is -2.31. The normalized spacial score (nSPS) is 17.1. The number of thioether (sulfide) groups is 1. The molecule has 0 bridgehead atoms. The molecule has 1 aliphatic heterocycles. The standard InChI is InChI=1S/C25H19BrFN3OS/c26-18-11-9-16(10-12-18)14-30-15-17(19-5-1-4-8-22(19)30)13-23-24(31)29-25(32-23)28-21-7-3-2-6-20(21)27/h1-13,15,25,28H,14H2,(H,29,31)/b23-13-. The Morgan fingerprint density at radius 1 is 1.06 bits per heavy atom. The number of anilines is 1. The van der Waals surface area contributed by atoms with Crippen molar-refractivity contribution in [3.8, 4) is 0 Å². The van der Waals surface area contributed by atoms with E-state index in [0.717, 1.165) is 27.5 Å². The monoisotopic (exact) mass is 507 g/mol. The van der Waals surface area contributed by atoms with E-state index in [0.29, 0.717) is 10.6 Å². The second-order valence-electron chi connectivity index (χ2n) is 7.46. The highest BCUT2D eigenvalue weighted by atomic mass is 79.9. The summed E-state index contributed by atoms with van der Waals surface area (Å²) in [5, 5.41) is 6.99. The van der Waals surface area contributed by atoms with Crippen LogP contribution in [-0.4, -0.2) is 16.0 Å². The maximum absolute atomic E-state index is 14.0. The summed E-state index contributed by atoms with van der Waals surface area (Å²) in [4.78, 5) is 13.2. The van der Waals surface area contributed by atoms with Crippen molar-refractivity contribution in [2.24, 2.45) is 0 Å². The molecule has 2 N–H and O–H groups in total. The molecule has 1 atom stereocenters. The van der Waals surface area contributed by atoms with E-state index in [1.165, 1.54) is 23.4 Å². The zero-order valence-corrected chi connectivity index (χ0v) is 19.3. The van der Waals surface area contributed by atoms with Crippen LogP contribution in [-0.2, 0) is 11.3 Å². The first-order valence-corrected chi connectivity index (χ1v) is 11.8. The number of hydrogen-bond acceptors (Lipinski definition) is 3. The molecule has 1 amide bonds. The van der Waals surface area contributed by atoms with E-state index in [1.807, 2.05) is 30.3 Å². The number of carbonyl (C=O) groups is 1. The summed E-state index contributed by atoms with van der Waals surface area (Å²) >= 11 is 4.83. The Balaban J connectivity index is 1.42. The van der Waals surface area contributed by atoms with Gasteiger partial charge in [-0.3, -0.25) is 4.79 Å². The highest BCUT2D eigenvalue weighted by Crippen LogP contribution is 2.33. The molecule has 5 rings (SSSR count). The van der Waals surface area contributed by atoms with Crippen molar-refractivity contribution < 1.29 is 9.18 Å². The van der Waals surface area contributed by atoms with E-state index in [9.17, 15) is 9.18 Å². The Morgan fingerprint density at radius 3 is 2.62 bits per heavy atom. The van der Waals surface area contributed by atoms with Crippen molar-refractivity contribution in [2.45, 2.75) is 12.0 Å². The topological polar surface area (TPSA) is 46.1 Å². The van der Waals surface area contributed by atoms with Crippen LogP contribution in [0.15, 0.2) is 88.4 Å². The Hall–Kier alpha value is -3.03. The molecular formula is C25H19BrFN3OS. The molecule has 3 aromatic carbocycles. The first kappa shape index (κ1) is 20.8. The average Bonchev–Trinajstić information content (AvgIpc) is 3.31. The van der Waals surface area contributed by atoms with Gasteiger partial charge in [0.05, 0.1) is 10.6 Å². The fourth-order valence-corrected chi connectivity index (χ4v) is 4.96. The van der Waals surface area contributed by atoms with E-state index in [1.54, 1.807) is 18.2 Å². The number of fused-ring (bicyclic) bond motifs is 1. The van der Waals surface area contributed by atoms with Gasteiger partial charge in [0.2, 0.25) is 0 Å². The highest BCUT2D eigenvalue weighted by Gasteiger charge is 2.28. The number of rotatable bonds is 5. The minimum Gasteiger partial charge on any atom is -0.354 e. The van der Waals surface area contributed by atoms with Gasteiger partial charge >= 0.3 is 0 Å². The van der Waals surface area contributed by atoms with E-state index >= 15 is 0 Å². The first-order chi connectivity index (χ1) is 15.6. The van der Waals surface area contributed by atoms with Crippen LogP contribution in [0.4, 0.5) is 10.1 Å². The fourth-order valence-electron chi connectivity index (χ4n) is 3.73. The lowest BCUT2D eigenvalue weighted by Gasteiger charge is -2.12. The smallest absolute Gasteiger partial charge is 0.260 e. The van der Waals surface area contributed by atoms with Gasteiger partial charge in [0.25, 0.3) is 5.91 Å². The Bertz CT molecular complexity index is 1330. The molecular weight excluding hydrogens is 489 g/mol. The van der Waals surface area contributed by atoms with Gasteiger partial charge in [0.15, 0.2) is 5.50 Å². The lowest BCUT2D eigenvalue weighted by molar-refractivity contribution is -0.116. The summed E-state index contributed by atoms with van der Waals surface area (Å²) in [5.41, 5.74) is 3.20. The molecule has 1 saturated heterocycles. The third-order valence-electron chi connectivity index (χ3n) is 5.26. The highest BCUT2D eigenvalue weighted by molar-refractivity contribution is 9.10. The second kappa shape index (κ2) is 8.84. The molecule has 1 aliphatic rings. The Kier molecular flexibility index (Phi) is 5.76. The van der Waals surface area contributed by atoms with Crippen molar-refractivity contribution >= 4 is 56.3 Å². The molecule has 0 aliphatic carbocycles. The van der Waals surface area contributed by atoms with Crippen LogP contribution in [0, 0.1) is 5.82 Å². The number of para-hydroxylation sites is 2. The van der Waals surface area contributed by atoms with Crippen LogP contribution >= 0.6 is 27.7 Å². The van der Waals surface area contributed by atoms with Crippen molar-refractivity contribution in [3.05, 3.63) is 105 Å². The first-order valence-electron chi connectivity index (χ1n) is 10.1. The SMILES string of the molecule is O=C1NC(Nc2ccccc2F)S/C1=C\c1cn(Cc2ccc(Br)cc2)c2ccccc12. The molecule has 1 unspecified atom stereocenters. The molecule has 32 heavy (non-hydrogen) atoms. The molecule has 1 aromatic heterocycles. The molecule has 0 saturated carbocycles. The fraction of sp³-hybridized carbons (Fsp3) is 0.0800. The molecule has 2 heterocycles. The third-order valence-corrected chi connectivity index (χ3v) is 6.82. The van der Waals surface area contributed by atoms with Crippen molar-refractivity contribution in [1.29, 1.82) is 0 Å². The lowest BCUT2D eigenvalue weighted by atomic mass is 10.1. The van der Waals surface area contributed by atoms with Crippen LogP contribution in [0.2, 0.25) is 0 Å². The van der Waals surface area contributed by atoms with Gasteiger partial charge in [0, 0.05) is 33.7 Å². The zero-order valence-electron chi connectivity index (χ0n) is 16.9. The van der Waals surface area contributed by atoms with Gasteiger partial charge in [-0.1, -0.05) is 70.2 Å². The number of nitrogens with zero attached hydrogens (tertiary/aromatic N) is 1. The van der Waals surface area contributed by atoms with Gasteiger partial charge in [-0.05, 0) is 42.0 Å². The third kappa shape index (κ3) is 4.31. The van der Waals surface area contributed by atoms with Crippen molar-refractivity contribution in [3.63, 3.8) is 0 Å². The van der Waals surface area contributed by atoms with Crippen molar-refractivity contribution in [1.82, 2.24) is 9.88 Å². The van der Waals surface area contributed by atoms with Crippen LogP contribution < -0.4 is 10.6 Å². The maximum atomic E-state index is 14.0. The quantitative estimate of drug-likeness (QED) is 0.316. The second-order valence-corrected chi connectivity index (χ2v) is 9.52. The predicted octanol–water partition coefficient (Wildman–Crippen LogP) is 6.19. The zero-order chi connectivity index (χ0) is 22.1. The molecule has 7 heteroatoms. The number of benzene rings is 3. The molecule has 4 nitrogen and oxygen atoms in total. The minimum absolute atomic E-state index is 0.173. The van der Waals surface area contributed by atoms with Gasteiger partial charge in [-0.25, -0.2) is 4.39 Å². The van der Waals surface area contributed by atoms with Gasteiger partial charge in [0.1, 0.15) is 5.82 Å². The van der Waals surface area contributed by atoms with Crippen LogP contribution in [0.5, 0.6) is 0 Å². The minimum atomic E-state index is -0.429. The van der Waals surface area contributed by atoms with Crippen molar-refractivity contribution in [2.75, 3.05) is 5.32 Å². The van der Waals surface area contributed by atoms with Crippen LogP contribution in [0.3, 0.4) is 0 Å². The van der Waals surface area contributed by atoms with Gasteiger partial charge in [-0.2, -0.15) is 0 Å². The number of hydrogen-bond donors (Lipinski definition) is 2. The molecule has 4 aromatic rings. The molecule has 0 radical (unpaired) electrons. The van der Waals surface area contributed by atoms with Crippen LogP contribution in [0.1, 0.15) is 11.1 Å². The summed E-state index contributed by atoms with van der Waals surface area (Å²) < 4.78 is 17.2. The van der Waals surface area contributed by atoms with E-state index in [2.05, 4.69) is 61.6 Å². The Labute approximate surface area is 197 Å². The average molecular weight is 508 g/mol. The van der Waals surface area contributed by atoms with Gasteiger partial charge in [-0.15, -0.1) is 0 Å². The summed E-state index contributed by atoms with van der Waals surface area (Å²) in [6.45, 7) is 0.730. The number of nitrogens with one attached hydrogen (secondary N) is 2. The van der Waals surface area contributed by atoms with E-state index < -0.39 is 5.50 Å². The van der Waals surface area contributed by atoms with E-state index in [-0.39, 0.29) is 11.7 Å². The summed E-state index contributed by atoms with van der Waals surface area (Å²) in [5.74, 6) is -0.524. The van der Waals surface area contributed by atoms with Gasteiger partial charge < -0.3 is 15.2 Å². The number of amides is 1. The van der Waals surface area contributed by atoms with E-state index in [4.69, 9.17) is 0 Å². The molecule has 0 spiro atoms. The predicted molar refractivity (Wildman–Crippen MR) is 133 cm³/mol. The largest absolute Gasteiger partial charge is 0.354 e.